The molecule has 1 amide bonds. The van der Waals surface area contributed by atoms with Gasteiger partial charge in [-0.2, -0.15) is 0 Å². The van der Waals surface area contributed by atoms with Gasteiger partial charge in [-0.3, -0.25) is 4.79 Å². The minimum atomic E-state index is -0.569. The molecule has 4 nitrogen and oxygen atoms in total. The average molecular weight is 321 g/mol. The van der Waals surface area contributed by atoms with Gasteiger partial charge >= 0.3 is 0 Å². The standard InChI is InChI=1S/C17H21ClN2O2/c1-16(2)11-17(3,12-4-5-14(18)19-10-12)15(21)20(16)13-6-8-22-9-7-13/h4-6,10H,7-9,11H2,1-3H3/t17-/m0/s1. The number of hydrogen-bond acceptors (Lipinski definition) is 3. The summed E-state index contributed by atoms with van der Waals surface area (Å²) in [4.78, 5) is 19.3. The van der Waals surface area contributed by atoms with Gasteiger partial charge in [0.05, 0.1) is 18.6 Å². The van der Waals surface area contributed by atoms with E-state index in [1.165, 1.54) is 0 Å². The van der Waals surface area contributed by atoms with E-state index in [1.807, 2.05) is 24.0 Å². The van der Waals surface area contributed by atoms with Gasteiger partial charge in [-0.1, -0.05) is 17.7 Å². The quantitative estimate of drug-likeness (QED) is 0.785. The van der Waals surface area contributed by atoms with Crippen LogP contribution in [0, 0.1) is 0 Å². The first-order chi connectivity index (χ1) is 10.3. The first kappa shape index (κ1) is 15.5. The van der Waals surface area contributed by atoms with Crippen LogP contribution in [0.25, 0.3) is 0 Å². The summed E-state index contributed by atoms with van der Waals surface area (Å²) in [6.45, 7) is 7.49. The molecule has 2 aliphatic rings. The van der Waals surface area contributed by atoms with Crippen LogP contribution in [-0.2, 0) is 14.9 Å². The fourth-order valence-corrected chi connectivity index (χ4v) is 3.82. The Morgan fingerprint density at radius 1 is 1.32 bits per heavy atom. The Balaban J connectivity index is 2.00. The van der Waals surface area contributed by atoms with E-state index in [0.717, 1.165) is 24.1 Å². The summed E-state index contributed by atoms with van der Waals surface area (Å²) < 4.78 is 5.37. The second-order valence-electron chi connectivity index (χ2n) is 6.85. The van der Waals surface area contributed by atoms with Crippen molar-refractivity contribution in [1.29, 1.82) is 0 Å². The largest absolute Gasteiger partial charge is 0.377 e. The van der Waals surface area contributed by atoms with E-state index in [9.17, 15) is 4.79 Å². The zero-order valence-electron chi connectivity index (χ0n) is 13.2. The van der Waals surface area contributed by atoms with Crippen molar-refractivity contribution < 1.29 is 9.53 Å². The number of amides is 1. The number of carbonyl (C=O) groups is 1. The molecule has 118 valence electrons. The maximum absolute atomic E-state index is 13.2. The Bertz CT molecular complexity index is 624. The summed E-state index contributed by atoms with van der Waals surface area (Å²) in [5.74, 6) is 0.134. The molecule has 0 aromatic carbocycles. The minimum absolute atomic E-state index is 0.134. The Hall–Kier alpha value is -1.39. The summed E-state index contributed by atoms with van der Waals surface area (Å²) >= 11 is 5.88. The van der Waals surface area contributed by atoms with Crippen LogP contribution in [0.3, 0.4) is 0 Å². The molecule has 1 aromatic heterocycles. The predicted molar refractivity (Wildman–Crippen MR) is 85.7 cm³/mol. The molecular formula is C17H21ClN2O2. The third-order valence-electron chi connectivity index (χ3n) is 4.66. The van der Waals surface area contributed by atoms with Gasteiger partial charge in [0.2, 0.25) is 5.91 Å². The smallest absolute Gasteiger partial charge is 0.237 e. The Kier molecular flexibility index (Phi) is 3.77. The zero-order chi connectivity index (χ0) is 16.0. The van der Waals surface area contributed by atoms with Gasteiger partial charge in [0.1, 0.15) is 5.15 Å². The number of nitrogens with zero attached hydrogens (tertiary/aromatic N) is 2. The molecular weight excluding hydrogens is 300 g/mol. The SMILES string of the molecule is CC1(C)C[C@@](C)(c2ccc(Cl)nc2)C(=O)N1C1=CCOCC1. The number of carbonyl (C=O) groups excluding carboxylic acids is 1. The van der Waals surface area contributed by atoms with Crippen molar-refractivity contribution in [3.8, 4) is 0 Å². The number of ether oxygens (including phenoxy) is 1. The highest BCUT2D eigenvalue weighted by molar-refractivity contribution is 6.29. The highest BCUT2D eigenvalue weighted by Crippen LogP contribution is 2.46. The molecule has 0 spiro atoms. The minimum Gasteiger partial charge on any atom is -0.377 e. The van der Waals surface area contributed by atoms with Crippen molar-refractivity contribution in [2.45, 2.75) is 44.6 Å². The van der Waals surface area contributed by atoms with Crippen LogP contribution in [0.4, 0.5) is 0 Å². The highest BCUT2D eigenvalue weighted by Gasteiger charge is 2.54. The van der Waals surface area contributed by atoms with E-state index in [2.05, 4.69) is 18.8 Å². The van der Waals surface area contributed by atoms with Gasteiger partial charge < -0.3 is 9.64 Å². The molecule has 2 aliphatic heterocycles. The van der Waals surface area contributed by atoms with Crippen molar-refractivity contribution in [1.82, 2.24) is 9.88 Å². The number of hydrogen-bond donors (Lipinski definition) is 0. The lowest BCUT2D eigenvalue weighted by Gasteiger charge is -2.34. The van der Waals surface area contributed by atoms with Gasteiger partial charge in [-0.15, -0.1) is 0 Å². The fourth-order valence-electron chi connectivity index (χ4n) is 3.71. The van der Waals surface area contributed by atoms with E-state index < -0.39 is 5.41 Å². The van der Waals surface area contributed by atoms with E-state index in [4.69, 9.17) is 16.3 Å². The van der Waals surface area contributed by atoms with E-state index in [0.29, 0.717) is 18.4 Å². The lowest BCUT2D eigenvalue weighted by molar-refractivity contribution is -0.132. The zero-order valence-corrected chi connectivity index (χ0v) is 14.0. The first-order valence-corrected chi connectivity index (χ1v) is 7.96. The van der Waals surface area contributed by atoms with E-state index >= 15 is 0 Å². The second-order valence-corrected chi connectivity index (χ2v) is 7.24. The van der Waals surface area contributed by atoms with Gasteiger partial charge in [0, 0.05) is 23.9 Å². The molecule has 0 saturated carbocycles. The number of rotatable bonds is 2. The molecule has 0 radical (unpaired) electrons. The van der Waals surface area contributed by atoms with Crippen LogP contribution in [0.15, 0.2) is 30.1 Å². The van der Waals surface area contributed by atoms with Crippen molar-refractivity contribution in [3.63, 3.8) is 0 Å². The van der Waals surface area contributed by atoms with Gasteiger partial charge in [0.25, 0.3) is 0 Å². The van der Waals surface area contributed by atoms with E-state index in [-0.39, 0.29) is 11.4 Å². The number of halogens is 1. The fraction of sp³-hybridized carbons (Fsp3) is 0.529. The molecule has 0 bridgehead atoms. The predicted octanol–water partition coefficient (Wildman–Crippen LogP) is 3.31. The van der Waals surface area contributed by atoms with Crippen LogP contribution in [0.2, 0.25) is 5.15 Å². The van der Waals surface area contributed by atoms with Crippen LogP contribution in [0.5, 0.6) is 0 Å². The van der Waals surface area contributed by atoms with Crippen molar-refractivity contribution in [3.05, 3.63) is 40.8 Å². The molecule has 0 unspecified atom stereocenters. The third kappa shape index (κ3) is 2.44. The third-order valence-corrected chi connectivity index (χ3v) is 4.88. The topological polar surface area (TPSA) is 42.4 Å². The molecule has 5 heteroatoms. The van der Waals surface area contributed by atoms with E-state index in [1.54, 1.807) is 12.3 Å². The second kappa shape index (κ2) is 5.36. The summed E-state index contributed by atoms with van der Waals surface area (Å²) in [5, 5.41) is 0.445. The summed E-state index contributed by atoms with van der Waals surface area (Å²) in [5.41, 5.74) is 1.20. The molecule has 1 saturated heterocycles. The van der Waals surface area contributed by atoms with Crippen LogP contribution < -0.4 is 0 Å². The summed E-state index contributed by atoms with van der Waals surface area (Å²) in [7, 11) is 0. The number of likely N-dealkylation sites (tertiary alicyclic amines) is 1. The number of aromatic nitrogens is 1. The lowest BCUT2D eigenvalue weighted by atomic mass is 9.78. The lowest BCUT2D eigenvalue weighted by Crippen LogP contribution is -2.42. The molecule has 1 atom stereocenters. The molecule has 1 fully saturated rings. The van der Waals surface area contributed by atoms with Crippen LogP contribution in [0.1, 0.15) is 39.2 Å². The van der Waals surface area contributed by atoms with Crippen molar-refractivity contribution in [2.24, 2.45) is 0 Å². The molecule has 0 aliphatic carbocycles. The average Bonchev–Trinajstić information content (AvgIpc) is 2.66. The Morgan fingerprint density at radius 2 is 2.09 bits per heavy atom. The Labute approximate surface area is 136 Å². The molecule has 3 rings (SSSR count). The maximum atomic E-state index is 13.2. The summed E-state index contributed by atoms with van der Waals surface area (Å²) in [6.07, 6.45) is 5.28. The van der Waals surface area contributed by atoms with Gasteiger partial charge in [-0.05, 0) is 44.9 Å². The highest BCUT2D eigenvalue weighted by atomic mass is 35.5. The molecule has 1 aromatic rings. The van der Waals surface area contributed by atoms with Crippen LogP contribution in [-0.4, -0.2) is 34.5 Å². The molecule has 0 N–H and O–H groups in total. The Morgan fingerprint density at radius 3 is 2.68 bits per heavy atom. The monoisotopic (exact) mass is 320 g/mol. The van der Waals surface area contributed by atoms with Crippen molar-refractivity contribution in [2.75, 3.05) is 13.2 Å². The maximum Gasteiger partial charge on any atom is 0.237 e. The van der Waals surface area contributed by atoms with Crippen LogP contribution >= 0.6 is 11.6 Å². The summed E-state index contributed by atoms with van der Waals surface area (Å²) in [6, 6.07) is 3.66. The first-order valence-electron chi connectivity index (χ1n) is 7.58. The molecule has 22 heavy (non-hydrogen) atoms. The van der Waals surface area contributed by atoms with Crippen molar-refractivity contribution >= 4 is 17.5 Å². The molecule has 3 heterocycles. The number of pyridine rings is 1. The normalized spacial score (nSPS) is 27.9. The van der Waals surface area contributed by atoms with Gasteiger partial charge in [-0.25, -0.2) is 4.98 Å². The van der Waals surface area contributed by atoms with Gasteiger partial charge in [0.15, 0.2) is 0 Å².